The molecule has 0 aromatic carbocycles. The molecule has 0 bridgehead atoms. The number of carbonyl (C=O) groups excluding carboxylic acids is 1. The monoisotopic (exact) mass is 168 g/mol. The number of ketones is 1. The van der Waals surface area contributed by atoms with Crippen LogP contribution in [0, 0.1) is 0 Å². The zero-order valence-electron chi connectivity index (χ0n) is 7.63. The number of piperidine rings is 1. The third kappa shape index (κ3) is 2.34. The summed E-state index contributed by atoms with van der Waals surface area (Å²) in [6, 6.07) is 0.459. The molecule has 0 spiro atoms. The van der Waals surface area contributed by atoms with E-state index in [-0.39, 0.29) is 11.8 Å². The van der Waals surface area contributed by atoms with Gasteiger partial charge in [0.15, 0.2) is 5.78 Å². The van der Waals surface area contributed by atoms with E-state index in [1.165, 1.54) is 0 Å². The minimum absolute atomic E-state index is 0.0186. The summed E-state index contributed by atoms with van der Waals surface area (Å²) < 4.78 is 0. The van der Waals surface area contributed by atoms with Crippen molar-refractivity contribution in [3.05, 3.63) is 11.8 Å². The molecule has 1 aliphatic rings. The number of nitrogens with one attached hydrogen (secondary N) is 1. The van der Waals surface area contributed by atoms with Gasteiger partial charge in [0, 0.05) is 23.9 Å². The van der Waals surface area contributed by atoms with Crippen molar-refractivity contribution in [2.24, 2.45) is 5.73 Å². The summed E-state index contributed by atoms with van der Waals surface area (Å²) in [5.41, 5.74) is 6.70. The molecule has 0 amide bonds. The fourth-order valence-corrected chi connectivity index (χ4v) is 1.42. The number of allylic oxidation sites excluding steroid dienone is 1. The molecule has 12 heavy (non-hydrogen) atoms. The van der Waals surface area contributed by atoms with Crippen LogP contribution in [0.4, 0.5) is 0 Å². The maximum absolute atomic E-state index is 10.8. The third-order valence-corrected chi connectivity index (χ3v) is 2.08. The van der Waals surface area contributed by atoms with Crippen molar-refractivity contribution in [2.45, 2.75) is 38.8 Å². The predicted octanol–water partition coefficient (Wildman–Crippen LogP) is 0.559. The Balaban J connectivity index is 2.66. The standard InChI is InChI=1S/C9H16N2O/c1-6-3-4-8(10)9(11-6)5-7(2)12/h5-6,8,11H,3-4,10H2,1-2H3/t6-,8+/m1/s1. The number of nitrogens with two attached hydrogens (primary N) is 1. The van der Waals surface area contributed by atoms with Crippen LogP contribution in [0.2, 0.25) is 0 Å². The lowest BCUT2D eigenvalue weighted by Crippen LogP contribution is -2.42. The Morgan fingerprint density at radius 3 is 2.92 bits per heavy atom. The molecule has 3 heteroatoms. The molecule has 68 valence electrons. The molecule has 0 aromatic heterocycles. The van der Waals surface area contributed by atoms with Gasteiger partial charge in [0.05, 0.1) is 0 Å². The van der Waals surface area contributed by atoms with Crippen molar-refractivity contribution >= 4 is 5.78 Å². The highest BCUT2D eigenvalue weighted by molar-refractivity contribution is 5.88. The molecule has 1 rings (SSSR count). The lowest BCUT2D eigenvalue weighted by Gasteiger charge is -2.28. The smallest absolute Gasteiger partial charge is 0.154 e. The molecular weight excluding hydrogens is 152 g/mol. The van der Waals surface area contributed by atoms with Crippen LogP contribution in [0.3, 0.4) is 0 Å². The van der Waals surface area contributed by atoms with Gasteiger partial charge in [-0.15, -0.1) is 0 Å². The highest BCUT2D eigenvalue weighted by Crippen LogP contribution is 2.13. The Kier molecular flexibility index (Phi) is 2.87. The first-order chi connectivity index (χ1) is 5.59. The normalized spacial score (nSPS) is 33.1. The third-order valence-electron chi connectivity index (χ3n) is 2.08. The molecule has 0 saturated carbocycles. The maximum Gasteiger partial charge on any atom is 0.154 e. The van der Waals surface area contributed by atoms with Gasteiger partial charge in [-0.25, -0.2) is 0 Å². The summed E-state index contributed by atoms with van der Waals surface area (Å²) in [5, 5.41) is 3.21. The van der Waals surface area contributed by atoms with Crippen molar-refractivity contribution < 1.29 is 4.79 Å². The van der Waals surface area contributed by atoms with E-state index < -0.39 is 0 Å². The van der Waals surface area contributed by atoms with Gasteiger partial charge in [-0.1, -0.05) is 0 Å². The van der Waals surface area contributed by atoms with Crippen LogP contribution in [-0.4, -0.2) is 17.9 Å². The molecule has 3 N–H and O–H groups in total. The highest BCUT2D eigenvalue weighted by Gasteiger charge is 2.18. The van der Waals surface area contributed by atoms with E-state index in [1.807, 2.05) is 0 Å². The molecule has 1 heterocycles. The van der Waals surface area contributed by atoms with Crippen molar-refractivity contribution in [3.8, 4) is 0 Å². The Morgan fingerprint density at radius 1 is 1.67 bits per heavy atom. The second-order valence-electron chi connectivity index (χ2n) is 3.44. The van der Waals surface area contributed by atoms with Gasteiger partial charge in [0.25, 0.3) is 0 Å². The largest absolute Gasteiger partial charge is 0.385 e. The van der Waals surface area contributed by atoms with Crippen LogP contribution in [0.25, 0.3) is 0 Å². The molecule has 1 saturated heterocycles. The van der Waals surface area contributed by atoms with E-state index in [1.54, 1.807) is 13.0 Å². The van der Waals surface area contributed by atoms with Crippen LogP contribution in [-0.2, 0) is 4.79 Å². The van der Waals surface area contributed by atoms with Gasteiger partial charge in [-0.05, 0) is 26.7 Å². The first-order valence-corrected chi connectivity index (χ1v) is 4.34. The number of hydrogen-bond acceptors (Lipinski definition) is 3. The zero-order chi connectivity index (χ0) is 9.14. The Hall–Kier alpha value is -0.830. The lowest BCUT2D eigenvalue weighted by atomic mass is 9.98. The molecule has 0 unspecified atom stereocenters. The second-order valence-corrected chi connectivity index (χ2v) is 3.44. The topological polar surface area (TPSA) is 55.1 Å². The first-order valence-electron chi connectivity index (χ1n) is 4.34. The van der Waals surface area contributed by atoms with Crippen molar-refractivity contribution in [1.82, 2.24) is 5.32 Å². The van der Waals surface area contributed by atoms with Gasteiger partial charge in [0.1, 0.15) is 0 Å². The zero-order valence-corrected chi connectivity index (χ0v) is 7.63. The Bertz CT molecular complexity index is 211. The number of hydrogen-bond donors (Lipinski definition) is 2. The van der Waals surface area contributed by atoms with Crippen LogP contribution in [0.5, 0.6) is 0 Å². The van der Waals surface area contributed by atoms with Crippen molar-refractivity contribution in [1.29, 1.82) is 0 Å². The summed E-state index contributed by atoms with van der Waals surface area (Å²) in [7, 11) is 0. The summed E-state index contributed by atoms with van der Waals surface area (Å²) >= 11 is 0. The van der Waals surface area contributed by atoms with Crippen LogP contribution in [0.1, 0.15) is 26.7 Å². The molecule has 3 nitrogen and oxygen atoms in total. The molecule has 0 aliphatic carbocycles. The van der Waals surface area contributed by atoms with E-state index >= 15 is 0 Å². The molecular formula is C9H16N2O. The average molecular weight is 168 g/mol. The average Bonchev–Trinajstić information content (AvgIpc) is 1.96. The minimum atomic E-state index is 0.0186. The summed E-state index contributed by atoms with van der Waals surface area (Å²) in [6.07, 6.45) is 3.64. The minimum Gasteiger partial charge on any atom is -0.385 e. The van der Waals surface area contributed by atoms with E-state index in [0.717, 1.165) is 18.5 Å². The van der Waals surface area contributed by atoms with E-state index in [2.05, 4.69) is 12.2 Å². The fourth-order valence-electron chi connectivity index (χ4n) is 1.42. The molecule has 2 atom stereocenters. The number of rotatable bonds is 1. The summed E-state index contributed by atoms with van der Waals surface area (Å²) in [6.45, 7) is 3.64. The summed E-state index contributed by atoms with van der Waals surface area (Å²) in [4.78, 5) is 10.8. The van der Waals surface area contributed by atoms with Crippen LogP contribution in [0.15, 0.2) is 11.8 Å². The van der Waals surface area contributed by atoms with Crippen molar-refractivity contribution in [3.63, 3.8) is 0 Å². The highest BCUT2D eigenvalue weighted by atomic mass is 16.1. The van der Waals surface area contributed by atoms with Crippen molar-refractivity contribution in [2.75, 3.05) is 0 Å². The molecule has 0 radical (unpaired) electrons. The van der Waals surface area contributed by atoms with E-state index in [9.17, 15) is 4.79 Å². The quantitative estimate of drug-likeness (QED) is 0.562. The predicted molar refractivity (Wildman–Crippen MR) is 48.6 cm³/mol. The van der Waals surface area contributed by atoms with E-state index in [4.69, 9.17) is 5.73 Å². The fraction of sp³-hybridized carbons (Fsp3) is 0.667. The van der Waals surface area contributed by atoms with Gasteiger partial charge in [-0.2, -0.15) is 0 Å². The first kappa shape index (κ1) is 9.26. The van der Waals surface area contributed by atoms with Gasteiger partial charge < -0.3 is 11.1 Å². The Morgan fingerprint density at radius 2 is 2.33 bits per heavy atom. The van der Waals surface area contributed by atoms with Crippen LogP contribution < -0.4 is 11.1 Å². The van der Waals surface area contributed by atoms with Gasteiger partial charge in [-0.3, -0.25) is 4.79 Å². The number of carbonyl (C=O) groups is 1. The molecule has 1 aliphatic heterocycles. The SMILES string of the molecule is CC(=O)C=C1N[C@H](C)CC[C@@H]1N. The molecule has 1 fully saturated rings. The molecule has 0 aromatic rings. The summed E-state index contributed by atoms with van der Waals surface area (Å²) in [5.74, 6) is 0.0575. The van der Waals surface area contributed by atoms with Gasteiger partial charge >= 0.3 is 0 Å². The van der Waals surface area contributed by atoms with E-state index in [0.29, 0.717) is 6.04 Å². The Labute approximate surface area is 73.0 Å². The van der Waals surface area contributed by atoms with Crippen LogP contribution >= 0.6 is 0 Å². The second kappa shape index (κ2) is 3.72. The van der Waals surface area contributed by atoms with Gasteiger partial charge in [0.2, 0.25) is 0 Å². The lowest BCUT2D eigenvalue weighted by molar-refractivity contribution is -0.112. The maximum atomic E-state index is 10.8.